The van der Waals surface area contributed by atoms with Crippen LogP contribution in [-0.2, 0) is 6.54 Å². The van der Waals surface area contributed by atoms with E-state index in [0.717, 1.165) is 16.5 Å². The molecule has 3 aromatic rings. The van der Waals surface area contributed by atoms with Crippen molar-refractivity contribution >= 4 is 23.3 Å². The van der Waals surface area contributed by atoms with Crippen molar-refractivity contribution in [2.45, 2.75) is 13.5 Å². The Morgan fingerprint density at radius 1 is 1.32 bits per heavy atom. The molecule has 8 nitrogen and oxygen atoms in total. The number of carbonyl (C=O) groups excluding carboxylic acids is 1. The predicted octanol–water partition coefficient (Wildman–Crippen LogP) is 1.52. The minimum Gasteiger partial charge on any atom is -0.313 e. The molecular weight excluding hydrogens is 346 g/mol. The van der Waals surface area contributed by atoms with Crippen molar-refractivity contribution in [1.82, 2.24) is 19.7 Å². The number of anilines is 1. The molecule has 0 spiro atoms. The van der Waals surface area contributed by atoms with Crippen molar-refractivity contribution in [2.24, 2.45) is 0 Å². The molecule has 3 N–H and O–H groups in total. The smallest absolute Gasteiger partial charge is 0.313 e. The molecule has 0 saturated heterocycles. The Bertz CT molecular complexity index is 1050. The molecule has 2 heterocycles. The van der Waals surface area contributed by atoms with E-state index in [-0.39, 0.29) is 17.9 Å². The van der Waals surface area contributed by atoms with Gasteiger partial charge in [0.05, 0.1) is 6.54 Å². The average molecular weight is 360 g/mol. The highest BCUT2D eigenvalue weighted by Crippen LogP contribution is 2.15. The second-order valence-corrected chi connectivity index (χ2v) is 5.79. The number of H-pyrrole nitrogens is 2. The molecule has 0 aliphatic rings. The largest absolute Gasteiger partial charge is 0.328 e. The number of aromatic nitrogens is 4. The van der Waals surface area contributed by atoms with Gasteiger partial charge >= 0.3 is 5.69 Å². The third-order valence-electron chi connectivity index (χ3n) is 3.54. The van der Waals surface area contributed by atoms with Crippen LogP contribution in [0.5, 0.6) is 0 Å². The average Bonchev–Trinajstić information content (AvgIpc) is 2.98. The molecule has 1 amide bonds. The number of aryl methyl sites for hydroxylation is 1. The fraction of sp³-hybridized carbons (Fsp3) is 0.125. The minimum atomic E-state index is -0.714. The summed E-state index contributed by atoms with van der Waals surface area (Å²) < 4.78 is 0.923. The van der Waals surface area contributed by atoms with Crippen molar-refractivity contribution in [2.75, 3.05) is 5.32 Å². The molecular formula is C16H14ClN5O3. The quantitative estimate of drug-likeness (QED) is 0.655. The van der Waals surface area contributed by atoms with Gasteiger partial charge in [0.1, 0.15) is 5.56 Å². The summed E-state index contributed by atoms with van der Waals surface area (Å²) in [7, 11) is 0. The monoisotopic (exact) mass is 359 g/mol. The highest BCUT2D eigenvalue weighted by Gasteiger charge is 2.16. The van der Waals surface area contributed by atoms with Crippen LogP contribution in [-0.4, -0.2) is 25.7 Å². The first-order valence-corrected chi connectivity index (χ1v) is 7.73. The fourth-order valence-corrected chi connectivity index (χ4v) is 2.48. The Morgan fingerprint density at radius 2 is 2.08 bits per heavy atom. The Hall–Kier alpha value is -3.13. The molecule has 0 atom stereocenters. The van der Waals surface area contributed by atoms with Gasteiger partial charge in [0.15, 0.2) is 5.82 Å². The van der Waals surface area contributed by atoms with Gasteiger partial charge in [0, 0.05) is 23.0 Å². The molecule has 128 valence electrons. The van der Waals surface area contributed by atoms with Gasteiger partial charge in [-0.05, 0) is 18.6 Å². The van der Waals surface area contributed by atoms with E-state index in [0.29, 0.717) is 10.6 Å². The van der Waals surface area contributed by atoms with E-state index >= 15 is 0 Å². The molecule has 0 bridgehead atoms. The van der Waals surface area contributed by atoms with Crippen LogP contribution in [0.4, 0.5) is 5.82 Å². The Kier molecular flexibility index (Phi) is 4.53. The predicted molar refractivity (Wildman–Crippen MR) is 93.2 cm³/mol. The maximum atomic E-state index is 12.6. The lowest BCUT2D eigenvalue weighted by atomic mass is 10.2. The van der Waals surface area contributed by atoms with E-state index in [1.54, 1.807) is 37.3 Å². The summed E-state index contributed by atoms with van der Waals surface area (Å²) in [4.78, 5) is 39.3. The van der Waals surface area contributed by atoms with E-state index in [1.807, 2.05) is 0 Å². The summed E-state index contributed by atoms with van der Waals surface area (Å²) in [6.07, 6.45) is 1.09. The summed E-state index contributed by atoms with van der Waals surface area (Å²) >= 11 is 6.07. The van der Waals surface area contributed by atoms with Gasteiger partial charge in [-0.3, -0.25) is 19.3 Å². The first-order valence-electron chi connectivity index (χ1n) is 7.35. The van der Waals surface area contributed by atoms with Crippen LogP contribution in [0.3, 0.4) is 0 Å². The third kappa shape index (κ3) is 3.53. The zero-order valence-electron chi connectivity index (χ0n) is 13.2. The maximum Gasteiger partial charge on any atom is 0.328 e. The van der Waals surface area contributed by atoms with Gasteiger partial charge in [-0.15, -0.1) is 0 Å². The molecule has 2 aromatic heterocycles. The standard InChI is InChI=1S/C16H14ClN5O3/c1-9-6-13(21-20-9)19-14(23)11-7-18-16(25)22(15(11)24)8-10-4-2-3-5-12(10)17/h2-7H,8H2,1H3,(H,18,25)(H2,19,20,21,23). The summed E-state index contributed by atoms with van der Waals surface area (Å²) in [5, 5.41) is 9.48. The summed E-state index contributed by atoms with van der Waals surface area (Å²) in [5.41, 5.74) is -0.192. The lowest BCUT2D eigenvalue weighted by molar-refractivity contribution is 0.102. The first-order chi connectivity index (χ1) is 12.0. The van der Waals surface area contributed by atoms with Crippen LogP contribution < -0.4 is 16.6 Å². The Balaban J connectivity index is 1.94. The summed E-state index contributed by atoms with van der Waals surface area (Å²) in [5.74, 6) is -0.383. The molecule has 0 saturated carbocycles. The van der Waals surface area contributed by atoms with E-state index in [4.69, 9.17) is 11.6 Å². The number of hydrogen-bond donors (Lipinski definition) is 3. The zero-order valence-corrected chi connectivity index (χ0v) is 13.9. The van der Waals surface area contributed by atoms with Crippen molar-refractivity contribution in [3.8, 4) is 0 Å². The first kappa shape index (κ1) is 16.7. The van der Waals surface area contributed by atoms with Crippen LogP contribution in [0.25, 0.3) is 0 Å². The lowest BCUT2D eigenvalue weighted by Crippen LogP contribution is -2.39. The zero-order chi connectivity index (χ0) is 18.0. The molecule has 0 radical (unpaired) electrons. The van der Waals surface area contributed by atoms with Gasteiger partial charge in [0.25, 0.3) is 11.5 Å². The summed E-state index contributed by atoms with van der Waals surface area (Å²) in [6.45, 7) is 1.73. The molecule has 1 aromatic carbocycles. The SMILES string of the molecule is Cc1cc(NC(=O)c2c[nH]c(=O)n(Cc3ccccc3Cl)c2=O)n[nH]1. The van der Waals surface area contributed by atoms with Crippen molar-refractivity contribution in [3.05, 3.63) is 79.2 Å². The van der Waals surface area contributed by atoms with Gasteiger partial charge in [-0.25, -0.2) is 4.79 Å². The number of nitrogens with zero attached hydrogens (tertiary/aromatic N) is 2. The van der Waals surface area contributed by atoms with E-state index in [9.17, 15) is 14.4 Å². The van der Waals surface area contributed by atoms with Crippen LogP contribution in [0.15, 0.2) is 46.1 Å². The van der Waals surface area contributed by atoms with Crippen LogP contribution >= 0.6 is 11.6 Å². The Labute approximate surface area is 146 Å². The van der Waals surface area contributed by atoms with E-state index < -0.39 is 17.2 Å². The minimum absolute atomic E-state index is 0.0452. The highest BCUT2D eigenvalue weighted by molar-refractivity contribution is 6.31. The normalized spacial score (nSPS) is 10.6. The number of hydrogen-bond acceptors (Lipinski definition) is 4. The fourth-order valence-electron chi connectivity index (χ4n) is 2.28. The molecule has 0 unspecified atom stereocenters. The maximum absolute atomic E-state index is 12.6. The second kappa shape index (κ2) is 6.78. The number of rotatable bonds is 4. The summed E-state index contributed by atoms with van der Waals surface area (Å²) in [6, 6.07) is 8.47. The van der Waals surface area contributed by atoms with Gasteiger partial charge in [0.2, 0.25) is 0 Å². The van der Waals surface area contributed by atoms with Crippen molar-refractivity contribution < 1.29 is 4.79 Å². The highest BCUT2D eigenvalue weighted by atomic mass is 35.5. The van der Waals surface area contributed by atoms with E-state index in [1.165, 1.54) is 0 Å². The Morgan fingerprint density at radius 3 is 2.76 bits per heavy atom. The van der Waals surface area contributed by atoms with E-state index in [2.05, 4.69) is 20.5 Å². The molecule has 25 heavy (non-hydrogen) atoms. The lowest BCUT2D eigenvalue weighted by Gasteiger charge is -2.08. The van der Waals surface area contributed by atoms with Gasteiger partial charge < -0.3 is 10.3 Å². The number of nitrogens with one attached hydrogen (secondary N) is 3. The van der Waals surface area contributed by atoms with Crippen LogP contribution in [0, 0.1) is 6.92 Å². The van der Waals surface area contributed by atoms with Crippen LogP contribution in [0.2, 0.25) is 5.02 Å². The third-order valence-corrected chi connectivity index (χ3v) is 3.91. The number of benzene rings is 1. The molecule has 0 aliphatic carbocycles. The van der Waals surface area contributed by atoms with Crippen LogP contribution in [0.1, 0.15) is 21.6 Å². The van der Waals surface area contributed by atoms with Crippen molar-refractivity contribution in [3.63, 3.8) is 0 Å². The number of amides is 1. The number of aromatic amines is 2. The van der Waals surface area contributed by atoms with Gasteiger partial charge in [-0.2, -0.15) is 5.10 Å². The number of carbonyl (C=O) groups is 1. The molecule has 0 fully saturated rings. The number of halogens is 1. The van der Waals surface area contributed by atoms with Crippen molar-refractivity contribution in [1.29, 1.82) is 0 Å². The molecule has 0 aliphatic heterocycles. The molecule has 9 heteroatoms. The second-order valence-electron chi connectivity index (χ2n) is 5.38. The molecule has 3 rings (SSSR count). The topological polar surface area (TPSA) is 113 Å². The van der Waals surface area contributed by atoms with Gasteiger partial charge in [-0.1, -0.05) is 29.8 Å².